The molecular weight excluding hydrogens is 401 g/mol. The molecule has 2 heterocycles. The molecule has 0 aliphatic heterocycles. The average molecular weight is 420 g/mol. The second kappa shape index (κ2) is 8.28. The van der Waals surface area contributed by atoms with Gasteiger partial charge in [-0.05, 0) is 42.8 Å². The van der Waals surface area contributed by atoms with Gasteiger partial charge in [-0.1, -0.05) is 18.0 Å². The molecule has 0 unspecified atom stereocenters. The van der Waals surface area contributed by atoms with Crippen molar-refractivity contribution >= 4 is 34.4 Å². The molecule has 0 saturated heterocycles. The van der Waals surface area contributed by atoms with Crippen molar-refractivity contribution in [2.75, 3.05) is 17.6 Å². The molecule has 29 heavy (non-hydrogen) atoms. The number of rotatable bonds is 5. The number of aryl methyl sites for hydroxylation is 1. The topological polar surface area (TPSA) is 58.1 Å². The van der Waals surface area contributed by atoms with E-state index in [1.54, 1.807) is 55.0 Å². The number of hydrogen-bond donors (Lipinski definition) is 1. The molecule has 0 bridgehead atoms. The van der Waals surface area contributed by atoms with E-state index in [1.165, 1.54) is 18.0 Å². The van der Waals surface area contributed by atoms with Crippen LogP contribution >= 0.6 is 11.9 Å². The molecule has 0 spiro atoms. The fraction of sp³-hybridized carbons (Fsp3) is 0.250. The van der Waals surface area contributed by atoms with Crippen LogP contribution in [0.1, 0.15) is 27.3 Å². The van der Waals surface area contributed by atoms with Gasteiger partial charge < -0.3 is 9.62 Å². The van der Waals surface area contributed by atoms with Crippen LogP contribution in [0.4, 0.5) is 18.9 Å². The molecule has 1 aromatic carbocycles. The first-order valence-corrected chi connectivity index (χ1v) is 9.87. The Balaban J connectivity index is 2.03. The Labute approximate surface area is 170 Å². The van der Waals surface area contributed by atoms with Crippen molar-refractivity contribution in [3.63, 3.8) is 0 Å². The number of hydrogen-bond acceptors (Lipinski definition) is 5. The van der Waals surface area contributed by atoms with Crippen LogP contribution in [0.3, 0.4) is 0 Å². The minimum absolute atomic E-state index is 0.0672. The molecule has 1 amide bonds. The van der Waals surface area contributed by atoms with E-state index in [0.717, 1.165) is 6.07 Å². The van der Waals surface area contributed by atoms with E-state index in [2.05, 4.69) is 15.3 Å². The van der Waals surface area contributed by atoms with Crippen molar-refractivity contribution in [1.82, 2.24) is 15.3 Å². The highest BCUT2D eigenvalue weighted by Gasteiger charge is 2.35. The summed E-state index contributed by atoms with van der Waals surface area (Å²) in [4.78, 5) is 20.7. The highest BCUT2D eigenvalue weighted by atomic mass is 32.2. The normalized spacial score (nSPS) is 11.5. The number of nitrogens with one attached hydrogen (secondary N) is 1. The fourth-order valence-electron chi connectivity index (χ4n) is 2.86. The highest BCUT2D eigenvalue weighted by molar-refractivity contribution is 7.99. The minimum atomic E-state index is -4.60. The van der Waals surface area contributed by atoms with Crippen LogP contribution < -0.4 is 9.62 Å². The van der Waals surface area contributed by atoms with Gasteiger partial charge in [0.15, 0.2) is 0 Å². The molecule has 0 fully saturated rings. The van der Waals surface area contributed by atoms with E-state index in [0.29, 0.717) is 22.3 Å². The first-order valence-electron chi connectivity index (χ1n) is 8.69. The summed E-state index contributed by atoms with van der Waals surface area (Å²) in [6, 6.07) is 9.48. The molecule has 3 rings (SSSR count). The molecule has 1 N–H and O–H groups in total. The van der Waals surface area contributed by atoms with Crippen LogP contribution in [0.25, 0.3) is 10.9 Å². The van der Waals surface area contributed by atoms with Crippen LogP contribution in [0.5, 0.6) is 0 Å². The summed E-state index contributed by atoms with van der Waals surface area (Å²) < 4.78 is 42.8. The van der Waals surface area contributed by atoms with Crippen LogP contribution in [0.15, 0.2) is 42.6 Å². The summed E-state index contributed by atoms with van der Waals surface area (Å²) in [6.07, 6.45) is -1.23. The predicted molar refractivity (Wildman–Crippen MR) is 109 cm³/mol. The van der Waals surface area contributed by atoms with Gasteiger partial charge >= 0.3 is 6.18 Å². The molecule has 0 aliphatic rings. The SMILES string of the molecule is CSN(C)c1cc(C(F)(F)F)c2nc(C(=O)NCc3ccccn3)cc(C)c2c1. The Kier molecular flexibility index (Phi) is 5.97. The van der Waals surface area contributed by atoms with Gasteiger partial charge in [-0.15, -0.1) is 0 Å². The summed E-state index contributed by atoms with van der Waals surface area (Å²) >= 11 is 1.30. The maximum absolute atomic E-state index is 13.7. The van der Waals surface area contributed by atoms with Crippen LogP contribution in [-0.2, 0) is 12.7 Å². The van der Waals surface area contributed by atoms with Gasteiger partial charge in [0.05, 0.1) is 23.3 Å². The van der Waals surface area contributed by atoms with E-state index in [1.807, 2.05) is 0 Å². The minimum Gasteiger partial charge on any atom is -0.345 e. The number of halogens is 3. The summed E-state index contributed by atoms with van der Waals surface area (Å²) in [6.45, 7) is 1.82. The molecule has 0 atom stereocenters. The summed E-state index contributed by atoms with van der Waals surface area (Å²) in [5.41, 5.74) is 0.419. The molecule has 3 aromatic rings. The summed E-state index contributed by atoms with van der Waals surface area (Å²) in [5, 5.41) is 3.01. The number of alkyl halides is 3. The van der Waals surface area contributed by atoms with Gasteiger partial charge in [-0.25, -0.2) is 4.98 Å². The van der Waals surface area contributed by atoms with Crippen molar-refractivity contribution in [3.05, 3.63) is 65.1 Å². The zero-order valence-corrected chi connectivity index (χ0v) is 16.9. The first-order chi connectivity index (χ1) is 13.7. The van der Waals surface area contributed by atoms with E-state index in [4.69, 9.17) is 0 Å². The van der Waals surface area contributed by atoms with Crippen LogP contribution in [-0.4, -0.2) is 29.2 Å². The van der Waals surface area contributed by atoms with Gasteiger partial charge in [-0.3, -0.25) is 9.78 Å². The molecule has 9 heteroatoms. The second-order valence-electron chi connectivity index (χ2n) is 6.40. The number of carbonyl (C=O) groups excluding carboxylic acids is 1. The number of fused-ring (bicyclic) bond motifs is 1. The quantitative estimate of drug-likeness (QED) is 0.612. The monoisotopic (exact) mass is 420 g/mol. The van der Waals surface area contributed by atoms with Gasteiger partial charge in [0.1, 0.15) is 5.69 Å². The molecule has 5 nitrogen and oxygen atoms in total. The molecule has 152 valence electrons. The standard InChI is InChI=1S/C20H19F3N4OS/c1-12-8-17(19(28)25-11-13-6-4-5-7-24-13)26-18-15(12)9-14(27(2)29-3)10-16(18)20(21,22)23/h4-10H,11H2,1-3H3,(H,25,28). The zero-order chi connectivity index (χ0) is 21.2. The lowest BCUT2D eigenvalue weighted by Crippen LogP contribution is -2.24. The first kappa shape index (κ1) is 20.9. The number of carbonyl (C=O) groups is 1. The van der Waals surface area contributed by atoms with Crippen LogP contribution in [0.2, 0.25) is 0 Å². The zero-order valence-electron chi connectivity index (χ0n) is 16.0. The Bertz CT molecular complexity index is 1040. The second-order valence-corrected chi connectivity index (χ2v) is 7.31. The maximum atomic E-state index is 13.7. The summed E-state index contributed by atoms with van der Waals surface area (Å²) in [5.74, 6) is -0.556. The number of nitrogens with zero attached hydrogens (tertiary/aromatic N) is 3. The number of pyridine rings is 2. The fourth-order valence-corrected chi connectivity index (χ4v) is 3.18. The van der Waals surface area contributed by atoms with Crippen molar-refractivity contribution in [2.24, 2.45) is 0 Å². The third-order valence-corrected chi connectivity index (χ3v) is 5.20. The highest BCUT2D eigenvalue weighted by Crippen LogP contribution is 2.38. The number of anilines is 1. The van der Waals surface area contributed by atoms with Gasteiger partial charge in [0.2, 0.25) is 0 Å². The number of aromatic nitrogens is 2. The third-order valence-electron chi connectivity index (χ3n) is 4.44. The Morgan fingerprint density at radius 3 is 2.62 bits per heavy atom. The van der Waals surface area contributed by atoms with E-state index < -0.39 is 17.6 Å². The lowest BCUT2D eigenvalue weighted by Gasteiger charge is -2.20. The van der Waals surface area contributed by atoms with E-state index in [-0.39, 0.29) is 17.8 Å². The Morgan fingerprint density at radius 1 is 1.24 bits per heavy atom. The van der Waals surface area contributed by atoms with Crippen LogP contribution in [0, 0.1) is 6.92 Å². The van der Waals surface area contributed by atoms with Crippen molar-refractivity contribution in [1.29, 1.82) is 0 Å². The van der Waals surface area contributed by atoms with E-state index in [9.17, 15) is 18.0 Å². The lowest BCUT2D eigenvalue weighted by atomic mass is 10.0. The smallest absolute Gasteiger partial charge is 0.345 e. The van der Waals surface area contributed by atoms with Crippen molar-refractivity contribution < 1.29 is 18.0 Å². The predicted octanol–water partition coefficient (Wildman–Crippen LogP) is 4.60. The average Bonchev–Trinajstić information content (AvgIpc) is 2.70. The van der Waals surface area contributed by atoms with Gasteiger partial charge in [-0.2, -0.15) is 13.2 Å². The Hall–Kier alpha value is -2.81. The Morgan fingerprint density at radius 2 is 2.00 bits per heavy atom. The molecule has 0 radical (unpaired) electrons. The number of benzene rings is 1. The molecule has 2 aromatic heterocycles. The van der Waals surface area contributed by atoms with Crippen molar-refractivity contribution in [2.45, 2.75) is 19.6 Å². The van der Waals surface area contributed by atoms with E-state index >= 15 is 0 Å². The van der Waals surface area contributed by atoms with Gasteiger partial charge in [0, 0.05) is 30.6 Å². The molecule has 0 aliphatic carbocycles. The number of amides is 1. The molecule has 0 saturated carbocycles. The third kappa shape index (κ3) is 4.61. The van der Waals surface area contributed by atoms with Gasteiger partial charge in [0.25, 0.3) is 5.91 Å². The lowest BCUT2D eigenvalue weighted by molar-refractivity contribution is -0.136. The van der Waals surface area contributed by atoms with Crippen molar-refractivity contribution in [3.8, 4) is 0 Å². The largest absolute Gasteiger partial charge is 0.418 e. The molecular formula is C20H19F3N4OS. The maximum Gasteiger partial charge on any atom is 0.418 e. The summed E-state index contributed by atoms with van der Waals surface area (Å²) in [7, 11) is 1.69.